The Labute approximate surface area is 103 Å². The summed E-state index contributed by atoms with van der Waals surface area (Å²) < 4.78 is 25.3. The van der Waals surface area contributed by atoms with Gasteiger partial charge >= 0.3 is 0 Å². The predicted molar refractivity (Wildman–Crippen MR) is 63.2 cm³/mol. The minimum absolute atomic E-state index is 0.0823. The molecule has 18 heavy (non-hydrogen) atoms. The smallest absolute Gasteiger partial charge is 0.163 e. The molecule has 2 rings (SSSR count). The maximum Gasteiger partial charge on any atom is 0.163 e. The van der Waals surface area contributed by atoms with E-state index in [1.807, 2.05) is 0 Å². The summed E-state index contributed by atoms with van der Waals surface area (Å²) in [5.74, 6) is -0.850. The van der Waals surface area contributed by atoms with Crippen LogP contribution in [0.4, 0.5) is 8.78 Å². The normalized spacial score (nSPS) is 10.3. The van der Waals surface area contributed by atoms with Crippen LogP contribution in [0.2, 0.25) is 0 Å². The third-order valence-corrected chi connectivity index (χ3v) is 2.56. The summed E-state index contributed by atoms with van der Waals surface area (Å²) in [7, 11) is 0. The number of hydrogen-bond acceptors (Lipinski definition) is 2. The minimum atomic E-state index is -0.399. The molecule has 0 aliphatic rings. The molecular formula is C14H11F2NO. The predicted octanol–water partition coefficient (Wildman–Crippen LogP) is 3.18. The Hall–Kier alpha value is -2.10. The highest BCUT2D eigenvalue weighted by Gasteiger charge is 2.06. The fraction of sp³-hybridized carbons (Fsp3) is 0.143. The summed E-state index contributed by atoms with van der Waals surface area (Å²) in [6, 6.07) is 8.27. The highest BCUT2D eigenvalue weighted by atomic mass is 19.1. The van der Waals surface area contributed by atoms with Gasteiger partial charge in [0.05, 0.1) is 6.20 Å². The zero-order valence-electron chi connectivity index (χ0n) is 9.57. The molecule has 0 atom stereocenters. The first-order valence-electron chi connectivity index (χ1n) is 5.54. The summed E-state index contributed by atoms with van der Waals surface area (Å²) in [6.45, 7) is 0. The molecule has 1 aromatic carbocycles. The van der Waals surface area contributed by atoms with E-state index < -0.39 is 5.82 Å². The molecule has 0 saturated carbocycles. The van der Waals surface area contributed by atoms with Gasteiger partial charge in [-0.3, -0.25) is 9.78 Å². The largest absolute Gasteiger partial charge is 0.294 e. The molecular weight excluding hydrogens is 236 g/mol. The number of aromatic nitrogens is 1. The molecule has 2 nitrogen and oxygen atoms in total. The zero-order valence-corrected chi connectivity index (χ0v) is 9.57. The van der Waals surface area contributed by atoms with Crippen LogP contribution in [0.3, 0.4) is 0 Å². The van der Waals surface area contributed by atoms with Crippen molar-refractivity contribution in [2.45, 2.75) is 12.8 Å². The summed E-state index contributed by atoms with van der Waals surface area (Å²) in [6.07, 6.45) is 1.83. The summed E-state index contributed by atoms with van der Waals surface area (Å²) in [5, 5.41) is 0. The maximum atomic E-state index is 12.7. The van der Waals surface area contributed by atoms with Crippen LogP contribution < -0.4 is 0 Å². The Morgan fingerprint density at radius 3 is 2.28 bits per heavy atom. The SMILES string of the molecule is O=C(CCc1ccc(F)cn1)c1ccc(F)cc1. The number of halogens is 2. The van der Waals surface area contributed by atoms with Crippen molar-refractivity contribution in [1.29, 1.82) is 0 Å². The second-order valence-electron chi connectivity index (χ2n) is 3.90. The average Bonchev–Trinajstić information content (AvgIpc) is 2.38. The Morgan fingerprint density at radius 1 is 1.00 bits per heavy atom. The van der Waals surface area contributed by atoms with Gasteiger partial charge in [0.1, 0.15) is 11.6 Å². The van der Waals surface area contributed by atoms with Crippen LogP contribution in [0.5, 0.6) is 0 Å². The van der Waals surface area contributed by atoms with Crippen LogP contribution in [-0.2, 0) is 6.42 Å². The van der Waals surface area contributed by atoms with Gasteiger partial charge in [-0.1, -0.05) is 0 Å². The van der Waals surface area contributed by atoms with Gasteiger partial charge in [0.15, 0.2) is 5.78 Å². The number of nitrogens with zero attached hydrogens (tertiary/aromatic N) is 1. The second kappa shape index (κ2) is 5.49. The monoisotopic (exact) mass is 247 g/mol. The van der Waals surface area contributed by atoms with Gasteiger partial charge in [-0.15, -0.1) is 0 Å². The van der Waals surface area contributed by atoms with E-state index in [9.17, 15) is 13.6 Å². The number of carbonyl (C=O) groups is 1. The topological polar surface area (TPSA) is 30.0 Å². The fourth-order valence-electron chi connectivity index (χ4n) is 1.58. The quantitative estimate of drug-likeness (QED) is 0.777. The molecule has 0 aliphatic carbocycles. The first kappa shape index (κ1) is 12.4. The van der Waals surface area contributed by atoms with Crippen molar-refractivity contribution < 1.29 is 13.6 Å². The molecule has 0 N–H and O–H groups in total. The van der Waals surface area contributed by atoms with Crippen molar-refractivity contribution in [3.05, 3.63) is 65.5 Å². The summed E-state index contributed by atoms with van der Waals surface area (Å²) in [4.78, 5) is 15.6. The van der Waals surface area contributed by atoms with E-state index in [-0.39, 0.29) is 18.0 Å². The van der Waals surface area contributed by atoms with Gasteiger partial charge in [0.25, 0.3) is 0 Å². The van der Waals surface area contributed by atoms with Crippen LogP contribution in [0.25, 0.3) is 0 Å². The number of aryl methyl sites for hydroxylation is 1. The molecule has 0 bridgehead atoms. The number of Topliss-reactive ketones (excluding diaryl/α,β-unsaturated/α-hetero) is 1. The number of benzene rings is 1. The third-order valence-electron chi connectivity index (χ3n) is 2.56. The van der Waals surface area contributed by atoms with E-state index in [1.54, 1.807) is 6.07 Å². The molecule has 1 heterocycles. The van der Waals surface area contributed by atoms with E-state index in [1.165, 1.54) is 30.3 Å². The molecule has 92 valence electrons. The van der Waals surface area contributed by atoms with Crippen molar-refractivity contribution in [3.8, 4) is 0 Å². The first-order chi connectivity index (χ1) is 8.65. The van der Waals surface area contributed by atoms with Gasteiger partial charge in [0, 0.05) is 17.7 Å². The average molecular weight is 247 g/mol. The molecule has 1 aromatic heterocycles. The molecule has 4 heteroatoms. The maximum absolute atomic E-state index is 12.7. The van der Waals surface area contributed by atoms with E-state index in [0.29, 0.717) is 17.7 Å². The van der Waals surface area contributed by atoms with Gasteiger partial charge < -0.3 is 0 Å². The first-order valence-corrected chi connectivity index (χ1v) is 5.54. The molecule has 0 fully saturated rings. The molecule has 0 amide bonds. The Bertz CT molecular complexity index is 535. The zero-order chi connectivity index (χ0) is 13.0. The van der Waals surface area contributed by atoms with Gasteiger partial charge in [-0.05, 0) is 42.8 Å². The number of rotatable bonds is 4. The van der Waals surface area contributed by atoms with Crippen LogP contribution >= 0.6 is 0 Å². The Morgan fingerprint density at radius 2 is 1.67 bits per heavy atom. The number of hydrogen-bond donors (Lipinski definition) is 0. The van der Waals surface area contributed by atoms with Crippen molar-refractivity contribution >= 4 is 5.78 Å². The standard InChI is InChI=1S/C14H11F2NO/c15-11-3-1-10(2-4-11)14(18)8-7-13-6-5-12(16)9-17-13/h1-6,9H,7-8H2. The van der Waals surface area contributed by atoms with E-state index in [2.05, 4.69) is 4.98 Å². The van der Waals surface area contributed by atoms with Gasteiger partial charge in [-0.25, -0.2) is 8.78 Å². The molecule has 0 spiro atoms. The lowest BCUT2D eigenvalue weighted by molar-refractivity contribution is 0.0982. The minimum Gasteiger partial charge on any atom is -0.294 e. The van der Waals surface area contributed by atoms with Crippen molar-refractivity contribution in [1.82, 2.24) is 4.98 Å². The lowest BCUT2D eigenvalue weighted by atomic mass is 10.1. The Kier molecular flexibility index (Phi) is 3.77. The fourth-order valence-corrected chi connectivity index (χ4v) is 1.58. The van der Waals surface area contributed by atoms with Crippen LogP contribution in [0, 0.1) is 11.6 Å². The number of carbonyl (C=O) groups excluding carboxylic acids is 1. The summed E-state index contributed by atoms with van der Waals surface area (Å²) in [5.41, 5.74) is 1.13. The molecule has 0 radical (unpaired) electrons. The second-order valence-corrected chi connectivity index (χ2v) is 3.90. The Balaban J connectivity index is 1.96. The van der Waals surface area contributed by atoms with Crippen LogP contribution in [-0.4, -0.2) is 10.8 Å². The van der Waals surface area contributed by atoms with E-state index in [4.69, 9.17) is 0 Å². The number of ketones is 1. The van der Waals surface area contributed by atoms with Crippen molar-refractivity contribution in [2.75, 3.05) is 0 Å². The highest BCUT2D eigenvalue weighted by molar-refractivity contribution is 5.96. The lowest BCUT2D eigenvalue weighted by Gasteiger charge is -2.01. The van der Waals surface area contributed by atoms with Crippen molar-refractivity contribution in [2.24, 2.45) is 0 Å². The van der Waals surface area contributed by atoms with Gasteiger partial charge in [-0.2, -0.15) is 0 Å². The molecule has 0 unspecified atom stereocenters. The van der Waals surface area contributed by atoms with Crippen molar-refractivity contribution in [3.63, 3.8) is 0 Å². The molecule has 2 aromatic rings. The molecule has 0 aliphatic heterocycles. The van der Waals surface area contributed by atoms with Crippen LogP contribution in [0.15, 0.2) is 42.6 Å². The van der Waals surface area contributed by atoms with Gasteiger partial charge in [0.2, 0.25) is 0 Å². The highest BCUT2D eigenvalue weighted by Crippen LogP contribution is 2.08. The lowest BCUT2D eigenvalue weighted by Crippen LogP contribution is -2.02. The third kappa shape index (κ3) is 3.20. The van der Waals surface area contributed by atoms with E-state index >= 15 is 0 Å². The number of pyridine rings is 1. The van der Waals surface area contributed by atoms with E-state index in [0.717, 1.165) is 6.20 Å². The van der Waals surface area contributed by atoms with Crippen LogP contribution in [0.1, 0.15) is 22.5 Å². The molecule has 0 saturated heterocycles. The summed E-state index contributed by atoms with van der Waals surface area (Å²) >= 11 is 0.